The smallest absolute Gasteiger partial charge is 0.272 e. The van der Waals surface area contributed by atoms with Gasteiger partial charge in [-0.2, -0.15) is 13.5 Å². The van der Waals surface area contributed by atoms with Crippen LogP contribution in [0.2, 0.25) is 0 Å². The summed E-state index contributed by atoms with van der Waals surface area (Å²) < 4.78 is 32.3. The third-order valence-electron chi connectivity index (χ3n) is 5.30. The Morgan fingerprint density at radius 2 is 1.77 bits per heavy atom. The zero-order chi connectivity index (χ0) is 24.8. The van der Waals surface area contributed by atoms with Crippen LogP contribution in [0.5, 0.6) is 0 Å². The summed E-state index contributed by atoms with van der Waals surface area (Å²) in [6, 6.07) is 10.1. The van der Waals surface area contributed by atoms with Gasteiger partial charge in [0.05, 0.1) is 5.56 Å². The maximum atomic E-state index is 12.4. The predicted octanol–water partition coefficient (Wildman–Crippen LogP) is 1.37. The first kappa shape index (κ1) is 24.3. The molecule has 4 rings (SSSR count). The van der Waals surface area contributed by atoms with Crippen LogP contribution in [-0.4, -0.2) is 59.3 Å². The van der Waals surface area contributed by atoms with Crippen LogP contribution in [0.4, 0.5) is 5.82 Å². The molecule has 2 atom stereocenters. The van der Waals surface area contributed by atoms with Gasteiger partial charge in [-0.15, -0.1) is 0 Å². The van der Waals surface area contributed by atoms with E-state index in [1.54, 1.807) is 54.6 Å². The summed E-state index contributed by atoms with van der Waals surface area (Å²) >= 11 is 0. The van der Waals surface area contributed by atoms with Crippen LogP contribution >= 0.6 is 0 Å². The molecule has 182 valence electrons. The highest BCUT2D eigenvalue weighted by molar-refractivity contribution is 7.86. The number of nitrogens with zero attached hydrogens (tertiary/aromatic N) is 3. The van der Waals surface area contributed by atoms with Crippen LogP contribution in [-0.2, 0) is 16.7 Å². The van der Waals surface area contributed by atoms with Crippen molar-refractivity contribution < 1.29 is 22.6 Å². The number of hydrazine groups is 1. The fraction of sp³-hybridized carbons (Fsp3) is 0.217. The van der Waals surface area contributed by atoms with E-state index in [0.717, 1.165) is 18.7 Å². The highest BCUT2D eigenvalue weighted by Gasteiger charge is 2.28. The van der Waals surface area contributed by atoms with Gasteiger partial charge in [-0.1, -0.05) is 36.4 Å². The minimum absolute atomic E-state index is 0.160. The first-order valence-electron chi connectivity index (χ1n) is 10.8. The molecule has 0 spiro atoms. The second-order valence-electron chi connectivity index (χ2n) is 7.96. The minimum Gasteiger partial charge on any atom is -0.348 e. The van der Waals surface area contributed by atoms with Gasteiger partial charge in [-0.25, -0.2) is 9.99 Å². The Bertz CT molecular complexity index is 1270. The molecule has 1 aliphatic heterocycles. The van der Waals surface area contributed by atoms with Gasteiger partial charge in [0.1, 0.15) is 11.1 Å². The Hall–Kier alpha value is -3.87. The molecule has 1 aromatic carbocycles. The van der Waals surface area contributed by atoms with Crippen molar-refractivity contribution >= 4 is 34.0 Å². The molecular formula is C23H24N6O5S. The number of hydrogen-bond acceptors (Lipinski definition) is 8. The second kappa shape index (κ2) is 10.6. The highest BCUT2D eigenvalue weighted by atomic mass is 32.2. The molecule has 11 nitrogen and oxygen atoms in total. The normalized spacial score (nSPS) is 19.5. The SMILES string of the molecule is O=C(NCc1ccc(C(=O)NN2CC2)cc1)c1ccc(N/N=C/C2C=CC=CC2S(=O)(=O)O)nc1. The number of pyridine rings is 1. The fourth-order valence-corrected chi connectivity index (χ4v) is 4.10. The third-order valence-corrected chi connectivity index (χ3v) is 6.46. The zero-order valence-corrected chi connectivity index (χ0v) is 19.4. The van der Waals surface area contributed by atoms with E-state index >= 15 is 0 Å². The van der Waals surface area contributed by atoms with Gasteiger partial charge in [0.15, 0.2) is 0 Å². The lowest BCUT2D eigenvalue weighted by Crippen LogP contribution is -2.28. The lowest BCUT2D eigenvalue weighted by atomic mass is 10.0. The van der Waals surface area contributed by atoms with E-state index in [1.165, 1.54) is 18.5 Å². The molecule has 0 radical (unpaired) electrons. The summed E-state index contributed by atoms with van der Waals surface area (Å²) in [7, 11) is -4.26. The second-order valence-corrected chi connectivity index (χ2v) is 9.53. The molecule has 2 aromatic rings. The molecule has 1 aliphatic carbocycles. The summed E-state index contributed by atoms with van der Waals surface area (Å²) in [5.41, 5.74) is 7.18. The lowest BCUT2D eigenvalue weighted by molar-refractivity contribution is 0.0895. The number of nitrogens with one attached hydrogen (secondary N) is 3. The summed E-state index contributed by atoms with van der Waals surface area (Å²) in [5.74, 6) is -0.751. The lowest BCUT2D eigenvalue weighted by Gasteiger charge is -2.17. The maximum absolute atomic E-state index is 12.4. The van der Waals surface area contributed by atoms with Gasteiger partial charge in [0, 0.05) is 43.5 Å². The Balaban J connectivity index is 1.26. The van der Waals surface area contributed by atoms with E-state index in [2.05, 4.69) is 26.3 Å². The number of carbonyl (C=O) groups is 2. The molecule has 2 heterocycles. The van der Waals surface area contributed by atoms with Crippen LogP contribution in [0.3, 0.4) is 0 Å². The predicted molar refractivity (Wildman–Crippen MR) is 130 cm³/mol. The summed E-state index contributed by atoms with van der Waals surface area (Å²) in [6.45, 7) is 2.01. The van der Waals surface area contributed by atoms with Crippen molar-refractivity contribution in [2.45, 2.75) is 11.8 Å². The molecule has 2 amide bonds. The standard InChI is InChI=1S/C23H24N6O5S/c30-22(25-13-16-5-7-17(8-6-16)23(31)28-29-11-12-29)19-9-10-21(24-14-19)27-26-15-18-3-1-2-4-20(18)35(32,33)34/h1-10,14-15,18,20H,11-13H2,(H,24,27)(H,25,30)(H,28,31)(H,32,33,34)/b26-15+. The Labute approximate surface area is 202 Å². The topological polar surface area (TPSA) is 153 Å². The number of amides is 2. The van der Waals surface area contributed by atoms with Gasteiger partial charge in [0.2, 0.25) is 0 Å². The Morgan fingerprint density at radius 3 is 2.43 bits per heavy atom. The monoisotopic (exact) mass is 496 g/mol. The molecule has 1 saturated heterocycles. The molecular weight excluding hydrogens is 472 g/mol. The van der Waals surface area contributed by atoms with Crippen LogP contribution in [0.15, 0.2) is 72.0 Å². The number of benzene rings is 1. The van der Waals surface area contributed by atoms with Gasteiger partial charge in [0.25, 0.3) is 21.9 Å². The largest absolute Gasteiger partial charge is 0.348 e. The van der Waals surface area contributed by atoms with Gasteiger partial charge in [-0.05, 0) is 29.8 Å². The van der Waals surface area contributed by atoms with Crippen molar-refractivity contribution in [3.05, 3.63) is 83.6 Å². The van der Waals surface area contributed by atoms with Crippen LogP contribution in [0.25, 0.3) is 0 Å². The van der Waals surface area contributed by atoms with E-state index in [9.17, 15) is 22.6 Å². The van der Waals surface area contributed by atoms with E-state index in [4.69, 9.17) is 0 Å². The molecule has 1 aromatic heterocycles. The average molecular weight is 497 g/mol. The minimum atomic E-state index is -4.26. The van der Waals surface area contributed by atoms with Crippen LogP contribution < -0.4 is 16.2 Å². The quantitative estimate of drug-likeness (QED) is 0.176. The molecule has 35 heavy (non-hydrogen) atoms. The molecule has 4 N–H and O–H groups in total. The van der Waals surface area contributed by atoms with Crippen molar-refractivity contribution in [1.29, 1.82) is 0 Å². The van der Waals surface area contributed by atoms with E-state index in [0.29, 0.717) is 16.9 Å². The summed E-state index contributed by atoms with van der Waals surface area (Å²) in [5, 5.41) is 7.49. The van der Waals surface area contributed by atoms with Crippen LogP contribution in [0.1, 0.15) is 26.3 Å². The Morgan fingerprint density at radius 1 is 1.06 bits per heavy atom. The van der Waals surface area contributed by atoms with Gasteiger partial charge < -0.3 is 5.32 Å². The number of allylic oxidation sites excluding steroid dienone is 3. The van der Waals surface area contributed by atoms with E-state index in [-0.39, 0.29) is 18.4 Å². The average Bonchev–Trinajstić information content (AvgIpc) is 3.67. The third kappa shape index (κ3) is 6.82. The van der Waals surface area contributed by atoms with Crippen LogP contribution in [0, 0.1) is 5.92 Å². The summed E-state index contributed by atoms with van der Waals surface area (Å²) in [4.78, 5) is 28.6. The van der Waals surface area contributed by atoms with Crippen molar-refractivity contribution in [2.24, 2.45) is 11.0 Å². The fourth-order valence-electron chi connectivity index (χ4n) is 3.25. The van der Waals surface area contributed by atoms with Crippen molar-refractivity contribution in [1.82, 2.24) is 20.7 Å². The molecule has 2 aliphatic rings. The number of hydrogen-bond donors (Lipinski definition) is 4. The molecule has 12 heteroatoms. The zero-order valence-electron chi connectivity index (χ0n) is 18.5. The first-order valence-corrected chi connectivity index (χ1v) is 12.3. The first-order chi connectivity index (χ1) is 16.8. The number of hydrazone groups is 1. The molecule has 1 fully saturated rings. The van der Waals surface area contributed by atoms with Gasteiger partial charge in [-0.3, -0.25) is 25.0 Å². The number of anilines is 1. The summed E-state index contributed by atoms with van der Waals surface area (Å²) in [6.07, 6.45) is 8.96. The van der Waals surface area contributed by atoms with Crippen molar-refractivity contribution in [2.75, 3.05) is 18.5 Å². The molecule has 0 bridgehead atoms. The molecule has 2 unspecified atom stereocenters. The van der Waals surface area contributed by atoms with Crippen molar-refractivity contribution in [3.63, 3.8) is 0 Å². The number of carbonyl (C=O) groups excluding carboxylic acids is 2. The van der Waals surface area contributed by atoms with Gasteiger partial charge >= 0.3 is 0 Å². The maximum Gasteiger partial charge on any atom is 0.272 e. The van der Waals surface area contributed by atoms with Crippen molar-refractivity contribution in [3.8, 4) is 0 Å². The number of aromatic nitrogens is 1. The Kier molecular flexibility index (Phi) is 7.34. The van der Waals surface area contributed by atoms with E-state index < -0.39 is 21.3 Å². The van der Waals surface area contributed by atoms with E-state index in [1.807, 2.05) is 5.01 Å². The number of rotatable bonds is 9. The highest BCUT2D eigenvalue weighted by Crippen LogP contribution is 2.18. The molecule has 0 saturated carbocycles.